The summed E-state index contributed by atoms with van der Waals surface area (Å²) in [6.07, 6.45) is 3.27. The van der Waals surface area contributed by atoms with Crippen LogP contribution in [0, 0.1) is 0 Å². The molecule has 0 radical (unpaired) electrons. The predicted octanol–water partition coefficient (Wildman–Crippen LogP) is 2.77. The number of methoxy groups -OCH3 is 1. The summed E-state index contributed by atoms with van der Waals surface area (Å²) in [5.41, 5.74) is 0.969. The van der Waals surface area contributed by atoms with Gasteiger partial charge >= 0.3 is 154 Å². The number of esters is 1. The maximum atomic E-state index is 12.3. The summed E-state index contributed by atoms with van der Waals surface area (Å²) in [4.78, 5) is 23.4. The van der Waals surface area contributed by atoms with Crippen LogP contribution in [0.3, 0.4) is 0 Å². The molecule has 0 amide bonds. The third-order valence-electron chi connectivity index (χ3n) is 3.41. The van der Waals surface area contributed by atoms with E-state index in [1.54, 1.807) is 0 Å². The van der Waals surface area contributed by atoms with Crippen molar-refractivity contribution in [2.75, 3.05) is 7.11 Å². The van der Waals surface area contributed by atoms with Gasteiger partial charge in [0.05, 0.1) is 0 Å². The summed E-state index contributed by atoms with van der Waals surface area (Å²) in [6.45, 7) is 0. The molecular formula is C20H20O4Se. The second kappa shape index (κ2) is 10.5. The van der Waals surface area contributed by atoms with E-state index in [4.69, 9.17) is 4.74 Å². The van der Waals surface area contributed by atoms with Crippen LogP contribution in [0.25, 0.3) is 0 Å². The van der Waals surface area contributed by atoms with Crippen LogP contribution in [-0.4, -0.2) is 32.7 Å². The fourth-order valence-electron chi connectivity index (χ4n) is 2.16. The Bertz CT molecular complexity index is 698. The molecule has 4 nitrogen and oxygen atoms in total. The number of carbonyl (C=O) groups excluding carboxylic acids is 2. The van der Waals surface area contributed by atoms with Gasteiger partial charge < -0.3 is 0 Å². The number of ether oxygens (including phenoxy) is 2. The van der Waals surface area contributed by atoms with Crippen LogP contribution in [0.2, 0.25) is 0 Å². The molecule has 0 heterocycles. The van der Waals surface area contributed by atoms with E-state index in [9.17, 15) is 9.59 Å². The normalized spacial score (nSPS) is 11.9. The third kappa shape index (κ3) is 6.96. The van der Waals surface area contributed by atoms with Gasteiger partial charge in [0.25, 0.3) is 0 Å². The molecule has 2 aromatic rings. The summed E-state index contributed by atoms with van der Waals surface area (Å²) < 4.78 is 11.5. The molecule has 0 N–H and O–H groups in total. The quantitative estimate of drug-likeness (QED) is 0.280. The Labute approximate surface area is 154 Å². The van der Waals surface area contributed by atoms with Crippen molar-refractivity contribution in [1.29, 1.82) is 0 Å². The molecule has 0 aliphatic carbocycles. The van der Waals surface area contributed by atoms with Gasteiger partial charge in [0.15, 0.2) is 0 Å². The van der Waals surface area contributed by atoms with E-state index < -0.39 is 5.97 Å². The van der Waals surface area contributed by atoms with Crippen LogP contribution in [0.5, 0.6) is 0 Å². The van der Waals surface area contributed by atoms with E-state index in [0.29, 0.717) is 12.8 Å². The molecule has 5 heteroatoms. The molecule has 2 rings (SSSR count). The molecule has 0 saturated carbocycles. The maximum absolute atomic E-state index is 12.3. The standard InChI is InChI=1S/C20H20O4Se/c1-23-19(21)14-15-24-18(16-8-4-2-5-9-16)12-13-20(22)25-17-10-6-3-7-11-17/h2-11,14-15,18H,12-13H2,1H3/b15-14+. The molecule has 0 fully saturated rings. The first-order valence-electron chi connectivity index (χ1n) is 7.89. The van der Waals surface area contributed by atoms with Gasteiger partial charge in [-0.1, -0.05) is 0 Å². The first-order valence-corrected chi connectivity index (χ1v) is 9.61. The van der Waals surface area contributed by atoms with Gasteiger partial charge in [0, 0.05) is 0 Å². The molecule has 2 aromatic carbocycles. The second-order valence-electron chi connectivity index (χ2n) is 5.19. The summed E-state index contributed by atoms with van der Waals surface area (Å²) in [6, 6.07) is 19.4. The zero-order valence-corrected chi connectivity index (χ0v) is 15.7. The molecule has 25 heavy (non-hydrogen) atoms. The Kier molecular flexibility index (Phi) is 7.96. The summed E-state index contributed by atoms with van der Waals surface area (Å²) >= 11 is -0.190. The average molecular weight is 403 g/mol. The van der Waals surface area contributed by atoms with Crippen LogP contribution in [0.1, 0.15) is 24.5 Å². The molecule has 0 saturated heterocycles. The van der Waals surface area contributed by atoms with Crippen LogP contribution < -0.4 is 4.46 Å². The Morgan fingerprint density at radius 1 is 1.04 bits per heavy atom. The van der Waals surface area contributed by atoms with Crippen LogP contribution in [-0.2, 0) is 19.1 Å². The first-order chi connectivity index (χ1) is 12.2. The van der Waals surface area contributed by atoms with E-state index in [-0.39, 0.29) is 25.7 Å². The van der Waals surface area contributed by atoms with Gasteiger partial charge in [-0.05, 0) is 0 Å². The van der Waals surface area contributed by atoms with E-state index in [1.165, 1.54) is 19.4 Å². The Hall–Kier alpha value is -2.36. The molecular weight excluding hydrogens is 383 g/mol. The van der Waals surface area contributed by atoms with Gasteiger partial charge in [-0.25, -0.2) is 0 Å². The van der Waals surface area contributed by atoms with Gasteiger partial charge in [-0.15, -0.1) is 0 Å². The van der Waals surface area contributed by atoms with Crippen molar-refractivity contribution in [3.8, 4) is 0 Å². The Morgan fingerprint density at radius 2 is 1.68 bits per heavy atom. The third-order valence-corrected chi connectivity index (χ3v) is 5.38. The molecule has 0 aliphatic heterocycles. The zero-order valence-electron chi connectivity index (χ0n) is 14.0. The van der Waals surface area contributed by atoms with Crippen molar-refractivity contribution < 1.29 is 19.1 Å². The van der Waals surface area contributed by atoms with E-state index >= 15 is 0 Å². The molecule has 0 spiro atoms. The minimum atomic E-state index is -0.477. The predicted molar refractivity (Wildman–Crippen MR) is 97.5 cm³/mol. The van der Waals surface area contributed by atoms with Gasteiger partial charge in [-0.2, -0.15) is 0 Å². The van der Waals surface area contributed by atoms with Gasteiger partial charge in [0.2, 0.25) is 0 Å². The molecule has 0 aliphatic rings. The summed E-state index contributed by atoms with van der Waals surface area (Å²) in [5, 5.41) is 0. The molecule has 130 valence electrons. The van der Waals surface area contributed by atoms with Gasteiger partial charge in [-0.3, -0.25) is 0 Å². The Balaban J connectivity index is 1.94. The number of benzene rings is 2. The van der Waals surface area contributed by atoms with Crippen molar-refractivity contribution in [2.45, 2.75) is 18.9 Å². The van der Waals surface area contributed by atoms with Crippen molar-refractivity contribution in [3.63, 3.8) is 0 Å². The summed E-state index contributed by atoms with van der Waals surface area (Å²) in [7, 11) is 1.31. The first kappa shape index (κ1) is 19.0. The number of hydrogen-bond donors (Lipinski definition) is 0. The van der Waals surface area contributed by atoms with Crippen LogP contribution in [0.4, 0.5) is 0 Å². The van der Waals surface area contributed by atoms with Crippen molar-refractivity contribution in [1.82, 2.24) is 0 Å². The van der Waals surface area contributed by atoms with Crippen LogP contribution in [0.15, 0.2) is 73.0 Å². The van der Waals surface area contributed by atoms with E-state index in [1.807, 2.05) is 60.7 Å². The number of hydrogen-bond acceptors (Lipinski definition) is 4. The monoisotopic (exact) mass is 404 g/mol. The van der Waals surface area contributed by atoms with Crippen LogP contribution >= 0.6 is 0 Å². The number of carbonyl (C=O) groups is 2. The van der Waals surface area contributed by atoms with Crippen molar-refractivity contribution in [2.24, 2.45) is 0 Å². The molecule has 0 bridgehead atoms. The second-order valence-corrected chi connectivity index (χ2v) is 7.56. The average Bonchev–Trinajstić information content (AvgIpc) is 2.65. The zero-order chi connectivity index (χ0) is 17.9. The fourth-order valence-corrected chi connectivity index (χ4v) is 3.79. The minimum absolute atomic E-state index is 0.190. The van der Waals surface area contributed by atoms with Crippen molar-refractivity contribution in [3.05, 3.63) is 78.6 Å². The van der Waals surface area contributed by atoms with Gasteiger partial charge in [0.1, 0.15) is 0 Å². The molecule has 0 aromatic heterocycles. The molecule has 1 atom stereocenters. The summed E-state index contributed by atoms with van der Waals surface area (Å²) in [5.74, 6) is -0.477. The Morgan fingerprint density at radius 3 is 2.32 bits per heavy atom. The van der Waals surface area contributed by atoms with E-state index in [0.717, 1.165) is 10.0 Å². The number of rotatable bonds is 9. The SMILES string of the molecule is COC(=O)/C=C/OC(CCC(=O)[Se]c1ccccc1)c1ccccc1. The van der Waals surface area contributed by atoms with Crippen molar-refractivity contribution >= 4 is 30.1 Å². The van der Waals surface area contributed by atoms with E-state index in [2.05, 4.69) is 4.74 Å². The molecule has 1 unspecified atom stereocenters. The topological polar surface area (TPSA) is 52.6 Å². The fraction of sp³-hybridized carbons (Fsp3) is 0.200.